The van der Waals surface area contributed by atoms with Gasteiger partial charge in [0, 0.05) is 44.0 Å². The molecule has 0 bridgehead atoms. The van der Waals surface area contributed by atoms with Crippen molar-refractivity contribution in [3.8, 4) is 17.0 Å². The lowest BCUT2D eigenvalue weighted by Gasteiger charge is -2.41. The number of rotatable bonds is 8. The number of nitrogens with one attached hydrogen (secondary N) is 1. The highest BCUT2D eigenvalue weighted by Gasteiger charge is 2.29. The molecule has 0 saturated carbocycles. The number of aromatic nitrogens is 6. The SMILES string of the molecule is Cc1cnc(Nc2cc3cc(-c4c(OC[C@H]5CCN5C[C@H](C)O)cnn4C)ccn3n2)cn1. The second-order valence-electron chi connectivity index (χ2n) is 8.56. The first kappa shape index (κ1) is 21.4. The summed E-state index contributed by atoms with van der Waals surface area (Å²) in [4.78, 5) is 10.8. The fourth-order valence-corrected chi connectivity index (χ4v) is 4.09. The van der Waals surface area contributed by atoms with Gasteiger partial charge in [-0.3, -0.25) is 14.6 Å². The number of aliphatic hydroxyl groups excluding tert-OH is 1. The molecule has 33 heavy (non-hydrogen) atoms. The highest BCUT2D eigenvalue weighted by Crippen LogP contribution is 2.31. The molecule has 2 atom stereocenters. The fraction of sp³-hybridized carbons (Fsp3) is 0.391. The van der Waals surface area contributed by atoms with Gasteiger partial charge < -0.3 is 15.2 Å². The molecule has 4 aromatic rings. The van der Waals surface area contributed by atoms with Crippen molar-refractivity contribution in [2.24, 2.45) is 7.05 Å². The van der Waals surface area contributed by atoms with Gasteiger partial charge >= 0.3 is 0 Å². The number of anilines is 2. The maximum atomic E-state index is 9.65. The number of pyridine rings is 1. The van der Waals surface area contributed by atoms with Crippen molar-refractivity contribution in [3.63, 3.8) is 0 Å². The first-order valence-corrected chi connectivity index (χ1v) is 11.1. The second kappa shape index (κ2) is 8.80. The third-order valence-electron chi connectivity index (χ3n) is 5.87. The van der Waals surface area contributed by atoms with Crippen molar-refractivity contribution in [3.05, 3.63) is 48.7 Å². The van der Waals surface area contributed by atoms with Crippen LogP contribution < -0.4 is 10.1 Å². The maximum absolute atomic E-state index is 9.65. The standard InChI is InChI=1S/C23H28N8O2/c1-15-10-25-22(12-24-15)27-21-9-19-8-17(4-7-31(19)28-21)23-20(11-26-29(23)3)33-14-18-5-6-30(18)13-16(2)32/h4,7-12,16,18,32H,5-6,13-14H2,1-3H3,(H,25,27,28)/t16-,18+/m0/s1. The number of fused-ring (bicyclic) bond motifs is 1. The number of hydrogen-bond donors (Lipinski definition) is 2. The highest BCUT2D eigenvalue weighted by atomic mass is 16.5. The Morgan fingerprint density at radius 2 is 2.09 bits per heavy atom. The van der Waals surface area contributed by atoms with Crippen molar-refractivity contribution in [1.82, 2.24) is 34.3 Å². The summed E-state index contributed by atoms with van der Waals surface area (Å²) in [5.74, 6) is 2.08. The van der Waals surface area contributed by atoms with Crippen LogP contribution in [0.2, 0.25) is 0 Å². The number of aryl methyl sites for hydroxylation is 2. The van der Waals surface area contributed by atoms with Crippen molar-refractivity contribution >= 4 is 17.2 Å². The summed E-state index contributed by atoms with van der Waals surface area (Å²) in [7, 11) is 1.91. The molecule has 1 saturated heterocycles. The molecule has 0 spiro atoms. The Bertz CT molecular complexity index is 1250. The Morgan fingerprint density at radius 1 is 1.21 bits per heavy atom. The Labute approximate surface area is 191 Å². The van der Waals surface area contributed by atoms with E-state index in [4.69, 9.17) is 4.74 Å². The van der Waals surface area contributed by atoms with Gasteiger partial charge in [-0.05, 0) is 32.4 Å². The van der Waals surface area contributed by atoms with E-state index in [0.717, 1.165) is 41.2 Å². The first-order valence-electron chi connectivity index (χ1n) is 11.1. The van der Waals surface area contributed by atoms with Crippen LogP contribution in [0.25, 0.3) is 16.8 Å². The van der Waals surface area contributed by atoms with E-state index >= 15 is 0 Å². The molecule has 172 valence electrons. The fourth-order valence-electron chi connectivity index (χ4n) is 4.09. The highest BCUT2D eigenvalue weighted by molar-refractivity contribution is 5.72. The molecule has 10 nitrogen and oxygen atoms in total. The summed E-state index contributed by atoms with van der Waals surface area (Å²) >= 11 is 0. The van der Waals surface area contributed by atoms with E-state index in [1.54, 1.807) is 18.6 Å². The van der Waals surface area contributed by atoms with E-state index in [-0.39, 0.29) is 6.10 Å². The Hall–Kier alpha value is -3.50. The Kier molecular flexibility index (Phi) is 5.69. The van der Waals surface area contributed by atoms with Crippen molar-refractivity contribution in [2.75, 3.05) is 25.0 Å². The lowest BCUT2D eigenvalue weighted by atomic mass is 10.0. The topological polar surface area (TPSA) is 106 Å². The molecule has 0 unspecified atom stereocenters. The van der Waals surface area contributed by atoms with E-state index in [9.17, 15) is 5.11 Å². The maximum Gasteiger partial charge on any atom is 0.165 e. The van der Waals surface area contributed by atoms with E-state index in [1.807, 2.05) is 48.4 Å². The van der Waals surface area contributed by atoms with Gasteiger partial charge in [-0.2, -0.15) is 10.2 Å². The largest absolute Gasteiger partial charge is 0.488 e. The van der Waals surface area contributed by atoms with Crippen LogP contribution in [0.3, 0.4) is 0 Å². The van der Waals surface area contributed by atoms with Crippen LogP contribution in [0.4, 0.5) is 11.6 Å². The Balaban J connectivity index is 1.33. The van der Waals surface area contributed by atoms with Gasteiger partial charge in [-0.1, -0.05) is 0 Å². The van der Waals surface area contributed by atoms with Crippen molar-refractivity contribution in [2.45, 2.75) is 32.4 Å². The average molecular weight is 449 g/mol. The molecule has 0 aliphatic carbocycles. The summed E-state index contributed by atoms with van der Waals surface area (Å²) in [6.45, 7) is 5.97. The molecular formula is C23H28N8O2. The predicted octanol–water partition coefficient (Wildman–Crippen LogP) is 2.41. The molecule has 4 aromatic heterocycles. The number of likely N-dealkylation sites (tertiary alicyclic amines) is 1. The minimum Gasteiger partial charge on any atom is -0.488 e. The van der Waals surface area contributed by atoms with Crippen molar-refractivity contribution < 1.29 is 9.84 Å². The molecule has 5 heterocycles. The zero-order valence-electron chi connectivity index (χ0n) is 19.0. The smallest absolute Gasteiger partial charge is 0.165 e. The molecule has 5 rings (SSSR count). The average Bonchev–Trinajstić information content (AvgIpc) is 3.35. The van der Waals surface area contributed by atoms with Crippen LogP contribution in [0.15, 0.2) is 43.0 Å². The summed E-state index contributed by atoms with van der Waals surface area (Å²) in [6.07, 6.45) is 7.83. The number of hydrogen-bond acceptors (Lipinski definition) is 8. The lowest BCUT2D eigenvalue weighted by Crippen LogP contribution is -2.53. The van der Waals surface area contributed by atoms with Gasteiger partial charge in [-0.15, -0.1) is 0 Å². The van der Waals surface area contributed by atoms with Gasteiger partial charge in [0.05, 0.1) is 35.9 Å². The summed E-state index contributed by atoms with van der Waals surface area (Å²) in [6, 6.07) is 6.35. The predicted molar refractivity (Wildman–Crippen MR) is 125 cm³/mol. The zero-order chi connectivity index (χ0) is 22.9. The van der Waals surface area contributed by atoms with Crippen LogP contribution in [0.5, 0.6) is 5.75 Å². The van der Waals surface area contributed by atoms with Gasteiger partial charge in [-0.25, -0.2) is 9.50 Å². The van der Waals surface area contributed by atoms with E-state index in [0.29, 0.717) is 30.8 Å². The van der Waals surface area contributed by atoms with Gasteiger partial charge in [0.25, 0.3) is 0 Å². The number of ether oxygens (including phenoxy) is 1. The molecule has 10 heteroatoms. The van der Waals surface area contributed by atoms with E-state index in [2.05, 4.69) is 36.4 Å². The molecule has 0 amide bonds. The van der Waals surface area contributed by atoms with Crippen LogP contribution in [-0.2, 0) is 7.05 Å². The van der Waals surface area contributed by atoms with Crippen molar-refractivity contribution in [1.29, 1.82) is 0 Å². The minimum atomic E-state index is -0.332. The van der Waals surface area contributed by atoms with Gasteiger partial charge in [0.2, 0.25) is 0 Å². The molecule has 0 radical (unpaired) electrons. The van der Waals surface area contributed by atoms with Crippen LogP contribution in [0.1, 0.15) is 19.0 Å². The normalized spacial score (nSPS) is 17.2. The van der Waals surface area contributed by atoms with E-state index in [1.165, 1.54) is 0 Å². The monoisotopic (exact) mass is 448 g/mol. The summed E-state index contributed by atoms with van der Waals surface area (Å²) in [5, 5.41) is 21.8. The molecular weight excluding hydrogens is 420 g/mol. The number of nitrogens with zero attached hydrogens (tertiary/aromatic N) is 7. The summed E-state index contributed by atoms with van der Waals surface area (Å²) < 4.78 is 9.82. The van der Waals surface area contributed by atoms with Crippen LogP contribution in [0, 0.1) is 6.92 Å². The quantitative estimate of drug-likeness (QED) is 0.423. The van der Waals surface area contributed by atoms with E-state index < -0.39 is 0 Å². The van der Waals surface area contributed by atoms with Crippen LogP contribution in [-0.4, -0.2) is 71.2 Å². The molecule has 1 fully saturated rings. The molecule has 1 aliphatic rings. The second-order valence-corrected chi connectivity index (χ2v) is 8.56. The molecule has 0 aromatic carbocycles. The molecule has 2 N–H and O–H groups in total. The third-order valence-corrected chi connectivity index (χ3v) is 5.87. The Morgan fingerprint density at radius 3 is 2.82 bits per heavy atom. The molecule has 1 aliphatic heterocycles. The van der Waals surface area contributed by atoms with Crippen LogP contribution >= 0.6 is 0 Å². The first-order chi connectivity index (χ1) is 16.0. The van der Waals surface area contributed by atoms with Gasteiger partial charge in [0.1, 0.15) is 18.1 Å². The zero-order valence-corrected chi connectivity index (χ0v) is 19.0. The number of β-amino-alcohol motifs (C(OH)–C–C–N with tert-alkyl or cyclic N) is 1. The minimum absolute atomic E-state index is 0.323. The summed E-state index contributed by atoms with van der Waals surface area (Å²) in [5.41, 5.74) is 3.71. The lowest BCUT2D eigenvalue weighted by molar-refractivity contribution is 0.0147. The third kappa shape index (κ3) is 4.53. The van der Waals surface area contributed by atoms with Gasteiger partial charge in [0.15, 0.2) is 11.6 Å². The number of aliphatic hydroxyl groups is 1.